The summed E-state index contributed by atoms with van der Waals surface area (Å²) >= 11 is 0. The van der Waals surface area contributed by atoms with Crippen LogP contribution in [0.2, 0.25) is 0 Å². The molecule has 1 saturated heterocycles. The molecule has 14 heteroatoms. The molecule has 4 aliphatic rings. The van der Waals surface area contributed by atoms with E-state index in [1.807, 2.05) is 7.05 Å². The molecule has 3 heterocycles. The minimum Gasteiger partial charge on any atom is -0.491 e. The number of allylic oxidation sites excluding steroid dienone is 4. The predicted molar refractivity (Wildman–Crippen MR) is 162 cm³/mol. The standard InChI is InChI=1S/C33H32F4N4O6/c1-40-10-8-19(9-11-40)41-30(44)23-12-18-13-27(39-26(18)15-24(23)31(41)45)29-25(6-3-7-28(29)43)38-16-20(42)17-46-21-4-2-5-22(14-21)47-33(36,37)32(34)35/h2-6,12,14-15,19-20,32,39,42H,7-11,13,16-17H2,1H3/t20-/m1/s1. The highest BCUT2D eigenvalue weighted by molar-refractivity contribution is 6.29. The minimum atomic E-state index is -4.68. The summed E-state index contributed by atoms with van der Waals surface area (Å²) in [7, 11) is 2.01. The summed E-state index contributed by atoms with van der Waals surface area (Å²) in [6.45, 7) is 1.12. The Morgan fingerprint density at radius 2 is 1.77 bits per heavy atom. The Hall–Kier alpha value is -4.56. The summed E-state index contributed by atoms with van der Waals surface area (Å²) in [5.41, 5.74) is 3.30. The van der Waals surface area contributed by atoms with Crippen LogP contribution in [0.3, 0.4) is 0 Å². The number of nitrogens with zero attached hydrogens (tertiary/aromatic N) is 3. The maximum atomic E-state index is 13.3. The van der Waals surface area contributed by atoms with Crippen molar-refractivity contribution in [2.75, 3.05) is 38.6 Å². The number of ether oxygens (including phenoxy) is 2. The molecule has 10 nitrogen and oxygen atoms in total. The fourth-order valence-corrected chi connectivity index (χ4v) is 6.08. The summed E-state index contributed by atoms with van der Waals surface area (Å²) in [6.07, 6.45) is -4.65. The van der Waals surface area contributed by atoms with Gasteiger partial charge in [-0.15, -0.1) is 0 Å². The van der Waals surface area contributed by atoms with E-state index in [9.17, 15) is 37.1 Å². The quantitative estimate of drug-likeness (QED) is 0.234. The van der Waals surface area contributed by atoms with Crippen molar-refractivity contribution in [2.24, 2.45) is 4.99 Å². The number of ketones is 1. The second kappa shape index (κ2) is 12.9. The van der Waals surface area contributed by atoms with Gasteiger partial charge in [0.1, 0.15) is 24.2 Å². The third-order valence-electron chi connectivity index (χ3n) is 8.49. The second-order valence-electron chi connectivity index (χ2n) is 11.9. The monoisotopic (exact) mass is 656 g/mol. The first-order valence-corrected chi connectivity index (χ1v) is 15.1. The summed E-state index contributed by atoms with van der Waals surface area (Å²) < 4.78 is 60.9. The zero-order valence-corrected chi connectivity index (χ0v) is 25.3. The lowest BCUT2D eigenvalue weighted by Gasteiger charge is -2.33. The predicted octanol–water partition coefficient (Wildman–Crippen LogP) is 4.25. The molecule has 2 aromatic rings. The van der Waals surface area contributed by atoms with Crippen LogP contribution >= 0.6 is 0 Å². The highest BCUT2D eigenvalue weighted by Gasteiger charge is 2.44. The van der Waals surface area contributed by atoms with Gasteiger partial charge in [0.15, 0.2) is 5.78 Å². The number of likely N-dealkylation sites (tertiary alicyclic amines) is 1. The average molecular weight is 657 g/mol. The van der Waals surface area contributed by atoms with Crippen LogP contribution in [0.5, 0.6) is 11.5 Å². The van der Waals surface area contributed by atoms with E-state index in [0.717, 1.165) is 43.6 Å². The van der Waals surface area contributed by atoms with Crippen LogP contribution in [0.4, 0.5) is 23.2 Å². The van der Waals surface area contributed by atoms with Crippen LogP contribution < -0.4 is 14.8 Å². The lowest BCUT2D eigenvalue weighted by atomic mass is 9.94. The number of imide groups is 1. The highest BCUT2D eigenvalue weighted by atomic mass is 19.3. The molecular formula is C33H32F4N4O6. The van der Waals surface area contributed by atoms with Crippen molar-refractivity contribution in [3.05, 3.63) is 76.5 Å². The van der Waals surface area contributed by atoms with Gasteiger partial charge in [0, 0.05) is 36.3 Å². The number of nitrogens with one attached hydrogen (secondary N) is 1. The number of carbonyl (C=O) groups is 3. The fraction of sp³-hybridized carbons (Fsp3) is 0.394. The first kappa shape index (κ1) is 32.4. The number of carbonyl (C=O) groups excluding carboxylic acids is 3. The summed E-state index contributed by atoms with van der Waals surface area (Å²) in [5, 5.41) is 13.8. The summed E-state index contributed by atoms with van der Waals surface area (Å²) in [4.78, 5) is 47.7. The number of hydrogen-bond acceptors (Lipinski definition) is 9. The molecule has 47 heavy (non-hydrogen) atoms. The largest absolute Gasteiger partial charge is 0.491 e. The second-order valence-corrected chi connectivity index (χ2v) is 11.9. The highest BCUT2D eigenvalue weighted by Crippen LogP contribution is 2.38. The topological polar surface area (TPSA) is 121 Å². The zero-order chi connectivity index (χ0) is 33.5. The van der Waals surface area contributed by atoms with Crippen LogP contribution in [0, 0.1) is 0 Å². The van der Waals surface area contributed by atoms with Crippen molar-refractivity contribution in [2.45, 2.75) is 50.4 Å². The number of piperidine rings is 1. The number of alkyl halides is 4. The molecule has 2 N–H and O–H groups in total. The van der Waals surface area contributed by atoms with E-state index in [0.29, 0.717) is 40.2 Å². The molecule has 1 atom stereocenters. The van der Waals surface area contributed by atoms with Gasteiger partial charge in [-0.25, -0.2) is 0 Å². The zero-order valence-electron chi connectivity index (χ0n) is 25.3. The van der Waals surface area contributed by atoms with Gasteiger partial charge in [0.05, 0.1) is 29.0 Å². The van der Waals surface area contributed by atoms with Gasteiger partial charge < -0.3 is 24.8 Å². The number of Topliss-reactive ketones (excluding diaryl/α,β-unsaturated/α-hetero) is 1. The van der Waals surface area contributed by atoms with E-state index in [-0.39, 0.29) is 49.0 Å². The number of amides is 2. The lowest BCUT2D eigenvalue weighted by molar-refractivity contribution is -0.253. The Bertz CT molecular complexity index is 1650. The molecule has 0 spiro atoms. The Kier molecular flexibility index (Phi) is 8.90. The Balaban J connectivity index is 1.13. The molecule has 2 amide bonds. The molecular weight excluding hydrogens is 624 g/mol. The third-order valence-corrected chi connectivity index (χ3v) is 8.49. The van der Waals surface area contributed by atoms with Gasteiger partial charge in [-0.1, -0.05) is 12.1 Å². The smallest absolute Gasteiger partial charge is 0.461 e. The lowest BCUT2D eigenvalue weighted by Crippen LogP contribution is -2.46. The summed E-state index contributed by atoms with van der Waals surface area (Å²) in [6, 6.07) is 7.96. The van der Waals surface area contributed by atoms with E-state index < -0.39 is 24.4 Å². The molecule has 0 radical (unpaired) electrons. The molecule has 3 aliphatic heterocycles. The van der Waals surface area contributed by atoms with Crippen molar-refractivity contribution in [1.29, 1.82) is 0 Å². The molecule has 6 rings (SSSR count). The van der Waals surface area contributed by atoms with Crippen molar-refractivity contribution >= 4 is 29.0 Å². The molecule has 1 aliphatic carbocycles. The van der Waals surface area contributed by atoms with Gasteiger partial charge in [0.2, 0.25) is 0 Å². The van der Waals surface area contributed by atoms with Gasteiger partial charge in [-0.2, -0.15) is 17.6 Å². The van der Waals surface area contributed by atoms with Crippen molar-refractivity contribution in [3.8, 4) is 11.5 Å². The first-order chi connectivity index (χ1) is 22.4. The molecule has 0 aromatic heterocycles. The number of aliphatic hydroxyl groups is 1. The van der Waals surface area contributed by atoms with E-state index >= 15 is 0 Å². The number of rotatable bonds is 9. The molecule has 0 bridgehead atoms. The van der Waals surface area contributed by atoms with Crippen LogP contribution in [0.15, 0.2) is 64.8 Å². The Morgan fingerprint density at radius 1 is 1.06 bits per heavy atom. The first-order valence-electron chi connectivity index (χ1n) is 15.1. The SMILES string of the molecule is CN1CCC(N2C(=O)c3cc4c(cc3C2=O)NC(=C2C(=O)CC=CC2=NC[C@@H](O)COc2cccc(OC(F)(F)C(F)F)c2)C4)CC1. The van der Waals surface area contributed by atoms with Gasteiger partial charge in [-0.3, -0.25) is 24.3 Å². The van der Waals surface area contributed by atoms with E-state index in [1.54, 1.807) is 24.3 Å². The molecule has 0 unspecified atom stereocenters. The number of fused-ring (bicyclic) bond motifs is 2. The number of hydrogen-bond donors (Lipinski definition) is 2. The number of aliphatic hydroxyl groups excluding tert-OH is 1. The fourth-order valence-electron chi connectivity index (χ4n) is 6.08. The number of benzene rings is 2. The maximum absolute atomic E-state index is 13.3. The van der Waals surface area contributed by atoms with E-state index in [2.05, 4.69) is 19.9 Å². The number of aliphatic imine (C=N–C) groups is 1. The van der Waals surface area contributed by atoms with Crippen molar-refractivity contribution < 1.29 is 46.5 Å². The molecule has 0 saturated carbocycles. The Morgan fingerprint density at radius 3 is 2.49 bits per heavy atom. The van der Waals surface area contributed by atoms with Crippen LogP contribution in [0.25, 0.3) is 0 Å². The molecule has 248 valence electrons. The van der Waals surface area contributed by atoms with Crippen LogP contribution in [0.1, 0.15) is 45.5 Å². The molecule has 2 aromatic carbocycles. The van der Waals surface area contributed by atoms with Crippen LogP contribution in [-0.4, -0.2) is 96.2 Å². The van der Waals surface area contributed by atoms with Crippen LogP contribution in [-0.2, 0) is 11.2 Å². The third kappa shape index (κ3) is 6.65. The van der Waals surface area contributed by atoms with E-state index in [1.165, 1.54) is 17.0 Å². The van der Waals surface area contributed by atoms with Gasteiger partial charge in [-0.05, 0) is 68.9 Å². The number of anilines is 1. The van der Waals surface area contributed by atoms with Gasteiger partial charge >= 0.3 is 12.5 Å². The van der Waals surface area contributed by atoms with Gasteiger partial charge in [0.25, 0.3) is 11.8 Å². The normalized spacial score (nSPS) is 21.8. The number of halogens is 4. The molecule has 1 fully saturated rings. The van der Waals surface area contributed by atoms with Crippen molar-refractivity contribution in [1.82, 2.24) is 9.80 Å². The Labute approximate surface area is 267 Å². The maximum Gasteiger partial charge on any atom is 0.461 e. The minimum absolute atomic E-state index is 0.000984. The van der Waals surface area contributed by atoms with Crippen molar-refractivity contribution in [3.63, 3.8) is 0 Å². The van der Waals surface area contributed by atoms with E-state index in [4.69, 9.17) is 4.74 Å². The average Bonchev–Trinajstić information content (AvgIpc) is 3.55. The summed E-state index contributed by atoms with van der Waals surface area (Å²) in [5.74, 6) is -1.35.